The van der Waals surface area contributed by atoms with Crippen LogP contribution in [0.4, 0.5) is 0 Å². The molecule has 0 radical (unpaired) electrons. The van der Waals surface area contributed by atoms with Crippen LogP contribution < -0.4 is 0 Å². The molecular formula is C15H14N2S2. The molecule has 0 bridgehead atoms. The molecule has 2 aromatic heterocycles. The predicted octanol–water partition coefficient (Wildman–Crippen LogP) is 4.29. The van der Waals surface area contributed by atoms with Gasteiger partial charge in [0.05, 0.1) is 21.2 Å². The summed E-state index contributed by atoms with van der Waals surface area (Å²) in [4.78, 5) is 2.55. The van der Waals surface area contributed by atoms with Crippen LogP contribution in [0.2, 0.25) is 0 Å². The Labute approximate surface area is 120 Å². The molecule has 96 valence electrons. The van der Waals surface area contributed by atoms with Crippen LogP contribution in [0.3, 0.4) is 0 Å². The lowest BCUT2D eigenvalue weighted by Crippen LogP contribution is -2.13. The van der Waals surface area contributed by atoms with Crippen molar-refractivity contribution in [2.75, 3.05) is 0 Å². The maximum absolute atomic E-state index is 4.55. The fraction of sp³-hybridized carbons (Fsp3) is 0.333. The molecular weight excluding hydrogens is 272 g/mol. The van der Waals surface area contributed by atoms with E-state index in [9.17, 15) is 0 Å². The van der Waals surface area contributed by atoms with Gasteiger partial charge in [0.2, 0.25) is 0 Å². The minimum Gasteiger partial charge on any atom is -0.154 e. The Kier molecular flexibility index (Phi) is 2.35. The molecule has 1 aliphatic carbocycles. The Morgan fingerprint density at radius 1 is 0.895 bits per heavy atom. The SMILES string of the molecule is CC1(C)[C@@H]2C(c3cccs3)=NN=C(c3cccs3)[C@@H]21. The van der Waals surface area contributed by atoms with E-state index in [0.29, 0.717) is 11.8 Å². The van der Waals surface area contributed by atoms with Crippen molar-refractivity contribution in [3.63, 3.8) is 0 Å². The molecule has 2 aliphatic rings. The highest BCUT2D eigenvalue weighted by atomic mass is 32.1. The van der Waals surface area contributed by atoms with E-state index in [0.717, 1.165) is 0 Å². The van der Waals surface area contributed by atoms with E-state index in [1.165, 1.54) is 21.2 Å². The molecule has 0 amide bonds. The highest BCUT2D eigenvalue weighted by molar-refractivity contribution is 7.12. The number of hydrogen-bond donors (Lipinski definition) is 0. The fourth-order valence-corrected chi connectivity index (χ4v) is 4.64. The Balaban J connectivity index is 1.81. The summed E-state index contributed by atoms with van der Waals surface area (Å²) < 4.78 is 0. The van der Waals surface area contributed by atoms with E-state index in [4.69, 9.17) is 0 Å². The largest absolute Gasteiger partial charge is 0.154 e. The number of fused-ring (bicyclic) bond motifs is 1. The van der Waals surface area contributed by atoms with Gasteiger partial charge in [-0.25, -0.2) is 0 Å². The van der Waals surface area contributed by atoms with Gasteiger partial charge in [-0.1, -0.05) is 26.0 Å². The zero-order valence-corrected chi connectivity index (χ0v) is 12.5. The average Bonchev–Trinajstić information content (AvgIpc) is 2.96. The molecule has 2 aromatic rings. The predicted molar refractivity (Wildman–Crippen MR) is 82.5 cm³/mol. The van der Waals surface area contributed by atoms with Crippen molar-refractivity contribution in [1.82, 2.24) is 0 Å². The van der Waals surface area contributed by atoms with E-state index in [1.807, 2.05) is 0 Å². The maximum Gasteiger partial charge on any atom is 0.0845 e. The summed E-state index contributed by atoms with van der Waals surface area (Å²) in [6, 6.07) is 8.48. The minimum atomic E-state index is 0.280. The summed E-state index contributed by atoms with van der Waals surface area (Å²) in [5, 5.41) is 13.3. The van der Waals surface area contributed by atoms with E-state index in [-0.39, 0.29) is 5.41 Å². The van der Waals surface area contributed by atoms with Crippen LogP contribution in [-0.4, -0.2) is 11.4 Å². The lowest BCUT2D eigenvalue weighted by molar-refractivity contribution is 0.604. The second kappa shape index (κ2) is 3.87. The van der Waals surface area contributed by atoms with Gasteiger partial charge in [-0.05, 0) is 28.3 Å². The van der Waals surface area contributed by atoms with Gasteiger partial charge in [0.1, 0.15) is 0 Å². The Morgan fingerprint density at radius 3 is 1.74 bits per heavy atom. The van der Waals surface area contributed by atoms with Crippen molar-refractivity contribution in [2.24, 2.45) is 27.5 Å². The normalized spacial score (nSPS) is 27.5. The quantitative estimate of drug-likeness (QED) is 0.787. The number of thiophene rings is 2. The first-order valence-electron chi connectivity index (χ1n) is 6.43. The molecule has 2 nitrogen and oxygen atoms in total. The van der Waals surface area contributed by atoms with Crippen molar-refractivity contribution < 1.29 is 0 Å². The summed E-state index contributed by atoms with van der Waals surface area (Å²) in [6.07, 6.45) is 0. The molecule has 19 heavy (non-hydrogen) atoms. The monoisotopic (exact) mass is 286 g/mol. The third kappa shape index (κ3) is 1.60. The van der Waals surface area contributed by atoms with Gasteiger partial charge in [-0.15, -0.1) is 22.7 Å². The molecule has 0 unspecified atom stereocenters. The number of hydrogen-bond acceptors (Lipinski definition) is 4. The Morgan fingerprint density at radius 2 is 1.37 bits per heavy atom. The highest BCUT2D eigenvalue weighted by Gasteiger charge is 2.64. The van der Waals surface area contributed by atoms with Crippen molar-refractivity contribution in [3.05, 3.63) is 44.8 Å². The van der Waals surface area contributed by atoms with Crippen molar-refractivity contribution >= 4 is 34.1 Å². The van der Waals surface area contributed by atoms with E-state index in [1.54, 1.807) is 22.7 Å². The lowest BCUT2D eigenvalue weighted by atomic mass is 10.1. The topological polar surface area (TPSA) is 24.7 Å². The van der Waals surface area contributed by atoms with Crippen LogP contribution in [-0.2, 0) is 0 Å². The minimum absolute atomic E-state index is 0.280. The van der Waals surface area contributed by atoms with Gasteiger partial charge in [0.15, 0.2) is 0 Å². The zero-order chi connectivity index (χ0) is 13.0. The van der Waals surface area contributed by atoms with Crippen LogP contribution in [0.15, 0.2) is 45.2 Å². The molecule has 3 heterocycles. The van der Waals surface area contributed by atoms with Crippen molar-refractivity contribution in [2.45, 2.75) is 13.8 Å². The van der Waals surface area contributed by atoms with Crippen LogP contribution in [0.25, 0.3) is 0 Å². The van der Waals surface area contributed by atoms with Gasteiger partial charge in [0, 0.05) is 11.8 Å². The Bertz CT molecular complexity index is 605. The van der Waals surface area contributed by atoms with Crippen molar-refractivity contribution in [3.8, 4) is 0 Å². The molecule has 4 heteroatoms. The van der Waals surface area contributed by atoms with Crippen LogP contribution in [0.5, 0.6) is 0 Å². The first-order valence-corrected chi connectivity index (χ1v) is 8.18. The second-order valence-electron chi connectivity index (χ2n) is 5.70. The average molecular weight is 286 g/mol. The molecule has 0 saturated heterocycles. The number of nitrogens with zero attached hydrogens (tertiary/aromatic N) is 2. The van der Waals surface area contributed by atoms with Gasteiger partial charge in [-0.2, -0.15) is 10.2 Å². The molecule has 1 saturated carbocycles. The second-order valence-corrected chi connectivity index (χ2v) is 7.60. The summed E-state index contributed by atoms with van der Waals surface area (Å²) in [6.45, 7) is 4.67. The fourth-order valence-electron chi connectivity index (χ4n) is 3.14. The molecule has 2 atom stereocenters. The lowest BCUT2D eigenvalue weighted by Gasteiger charge is -2.08. The highest BCUT2D eigenvalue weighted by Crippen LogP contribution is 2.62. The van der Waals surface area contributed by atoms with Crippen LogP contribution >= 0.6 is 22.7 Å². The van der Waals surface area contributed by atoms with Crippen LogP contribution in [0, 0.1) is 17.3 Å². The molecule has 4 rings (SSSR count). The third-order valence-corrected chi connectivity index (χ3v) is 6.01. The Hall–Kier alpha value is -1.26. The van der Waals surface area contributed by atoms with Gasteiger partial charge < -0.3 is 0 Å². The van der Waals surface area contributed by atoms with E-state index >= 15 is 0 Å². The van der Waals surface area contributed by atoms with Crippen molar-refractivity contribution in [1.29, 1.82) is 0 Å². The molecule has 1 fully saturated rings. The van der Waals surface area contributed by atoms with Crippen LogP contribution in [0.1, 0.15) is 23.6 Å². The summed E-state index contributed by atoms with van der Waals surface area (Å²) >= 11 is 3.52. The molecule has 1 aliphatic heterocycles. The first-order chi connectivity index (χ1) is 9.19. The number of rotatable bonds is 2. The smallest absolute Gasteiger partial charge is 0.0845 e. The summed E-state index contributed by atoms with van der Waals surface area (Å²) in [5.41, 5.74) is 2.65. The first kappa shape index (κ1) is 11.6. The summed E-state index contributed by atoms with van der Waals surface area (Å²) in [5.74, 6) is 1.06. The zero-order valence-electron chi connectivity index (χ0n) is 10.8. The van der Waals surface area contributed by atoms with Gasteiger partial charge in [0.25, 0.3) is 0 Å². The third-order valence-electron chi connectivity index (χ3n) is 4.23. The molecule has 0 aromatic carbocycles. The summed E-state index contributed by atoms with van der Waals surface area (Å²) in [7, 11) is 0. The standard InChI is InChI=1S/C15H14N2S2/c1-15(2)11-12(15)14(10-6-4-8-19-10)17-16-13(11)9-5-3-7-18-9/h3-8,11-12H,1-2H3/t11-,12+. The molecule has 0 spiro atoms. The van der Waals surface area contributed by atoms with Gasteiger partial charge in [-0.3, -0.25) is 0 Å². The van der Waals surface area contributed by atoms with E-state index < -0.39 is 0 Å². The molecule has 0 N–H and O–H groups in total. The van der Waals surface area contributed by atoms with Gasteiger partial charge >= 0.3 is 0 Å². The van der Waals surface area contributed by atoms with E-state index in [2.05, 4.69) is 59.1 Å². The maximum atomic E-state index is 4.55.